The minimum atomic E-state index is 0.133. The Morgan fingerprint density at radius 3 is 2.15 bits per heavy atom. The standard InChI is InChI=1S/C24H27Cl4NO4/c1-2-11-33-29-17-18-6-8-19(9-7-18)30-12-4-3-5-13-32-24-21(25)15-20(16-22(24)26)31-14-10-23(27)28/h6-10,15-17H,2-5,11-14H2,1H3. The van der Waals surface area contributed by atoms with Gasteiger partial charge >= 0.3 is 0 Å². The third-order valence-corrected chi connectivity index (χ3v) is 5.09. The van der Waals surface area contributed by atoms with E-state index in [9.17, 15) is 0 Å². The Balaban J connectivity index is 1.63. The van der Waals surface area contributed by atoms with E-state index in [2.05, 4.69) is 5.16 Å². The normalized spacial score (nSPS) is 10.8. The molecule has 9 heteroatoms. The van der Waals surface area contributed by atoms with Gasteiger partial charge in [-0.15, -0.1) is 0 Å². The number of hydrogen-bond donors (Lipinski definition) is 0. The molecule has 2 aromatic carbocycles. The number of rotatable bonds is 15. The number of halogens is 4. The first-order valence-electron chi connectivity index (χ1n) is 10.6. The fourth-order valence-corrected chi connectivity index (χ4v) is 3.30. The largest absolute Gasteiger partial charge is 0.494 e. The summed E-state index contributed by atoms with van der Waals surface area (Å²) in [4.78, 5) is 5.09. The molecule has 0 unspecified atom stereocenters. The van der Waals surface area contributed by atoms with Gasteiger partial charge in [0.15, 0.2) is 5.75 Å². The SMILES string of the molecule is CCCON=Cc1ccc(OCCCCCOc2c(Cl)cc(OCC=C(Cl)Cl)cc2Cl)cc1. The van der Waals surface area contributed by atoms with Crippen molar-refractivity contribution in [2.24, 2.45) is 5.16 Å². The van der Waals surface area contributed by atoms with Crippen molar-refractivity contribution < 1.29 is 19.0 Å². The zero-order valence-corrected chi connectivity index (χ0v) is 21.4. The van der Waals surface area contributed by atoms with Crippen molar-refractivity contribution in [1.29, 1.82) is 0 Å². The summed E-state index contributed by atoms with van der Waals surface area (Å²) in [5, 5.41) is 4.67. The topological polar surface area (TPSA) is 49.3 Å². The minimum Gasteiger partial charge on any atom is -0.494 e. The highest BCUT2D eigenvalue weighted by Crippen LogP contribution is 2.37. The molecule has 0 heterocycles. The van der Waals surface area contributed by atoms with Crippen LogP contribution in [-0.4, -0.2) is 32.6 Å². The fraction of sp³-hybridized carbons (Fsp3) is 0.375. The quantitative estimate of drug-likeness (QED) is 0.132. The van der Waals surface area contributed by atoms with Crippen molar-refractivity contribution in [3.8, 4) is 17.2 Å². The molecule has 0 aliphatic rings. The van der Waals surface area contributed by atoms with E-state index in [0.717, 1.165) is 37.0 Å². The summed E-state index contributed by atoms with van der Waals surface area (Å²) in [5.74, 6) is 1.77. The fourth-order valence-electron chi connectivity index (χ4n) is 2.60. The van der Waals surface area contributed by atoms with Crippen LogP contribution in [0.4, 0.5) is 0 Å². The average molecular weight is 535 g/mol. The van der Waals surface area contributed by atoms with Gasteiger partial charge in [0.05, 0.1) is 29.5 Å². The van der Waals surface area contributed by atoms with Crippen molar-refractivity contribution in [3.63, 3.8) is 0 Å². The van der Waals surface area contributed by atoms with Crippen LogP contribution >= 0.6 is 46.4 Å². The van der Waals surface area contributed by atoms with Gasteiger partial charge in [0.1, 0.15) is 29.2 Å². The number of hydrogen-bond acceptors (Lipinski definition) is 5. The second-order valence-corrected chi connectivity index (χ2v) is 8.74. The number of unbranched alkanes of at least 4 members (excludes halogenated alkanes) is 2. The average Bonchev–Trinajstić information content (AvgIpc) is 2.78. The molecule has 0 atom stereocenters. The van der Waals surface area contributed by atoms with Crippen LogP contribution in [0.5, 0.6) is 17.2 Å². The summed E-state index contributed by atoms with van der Waals surface area (Å²) in [6.07, 6.45) is 6.84. The monoisotopic (exact) mass is 533 g/mol. The van der Waals surface area contributed by atoms with Crippen LogP contribution in [0, 0.1) is 0 Å². The van der Waals surface area contributed by atoms with E-state index in [-0.39, 0.29) is 11.1 Å². The van der Waals surface area contributed by atoms with Crippen molar-refractivity contribution >= 4 is 52.6 Å². The molecule has 2 aromatic rings. The van der Waals surface area contributed by atoms with E-state index in [4.69, 9.17) is 65.5 Å². The van der Waals surface area contributed by atoms with Gasteiger partial charge in [0.25, 0.3) is 0 Å². The van der Waals surface area contributed by atoms with Crippen LogP contribution in [-0.2, 0) is 4.84 Å². The molecular formula is C24H27Cl4NO4. The Morgan fingerprint density at radius 2 is 1.52 bits per heavy atom. The minimum absolute atomic E-state index is 0.133. The molecule has 180 valence electrons. The Labute approximate surface area is 215 Å². The van der Waals surface area contributed by atoms with Gasteiger partial charge < -0.3 is 19.0 Å². The Kier molecular flexibility index (Phi) is 13.3. The maximum atomic E-state index is 6.27. The maximum Gasteiger partial charge on any atom is 0.156 e. The molecule has 0 bridgehead atoms. The van der Waals surface area contributed by atoms with E-state index in [0.29, 0.717) is 41.4 Å². The van der Waals surface area contributed by atoms with Crippen LogP contribution < -0.4 is 14.2 Å². The van der Waals surface area contributed by atoms with Crippen molar-refractivity contribution in [2.75, 3.05) is 26.4 Å². The van der Waals surface area contributed by atoms with Gasteiger partial charge in [-0.05, 0) is 61.6 Å². The lowest BCUT2D eigenvalue weighted by Gasteiger charge is -2.12. The highest BCUT2D eigenvalue weighted by Gasteiger charge is 2.10. The van der Waals surface area contributed by atoms with Gasteiger partial charge in [-0.3, -0.25) is 0 Å². The highest BCUT2D eigenvalue weighted by atomic mass is 35.5. The van der Waals surface area contributed by atoms with E-state index in [1.54, 1.807) is 18.3 Å². The molecule has 5 nitrogen and oxygen atoms in total. The molecular weight excluding hydrogens is 508 g/mol. The van der Waals surface area contributed by atoms with Crippen LogP contribution in [0.15, 0.2) is 52.1 Å². The van der Waals surface area contributed by atoms with Crippen molar-refractivity contribution in [3.05, 3.63) is 62.6 Å². The van der Waals surface area contributed by atoms with Gasteiger partial charge in [-0.1, -0.05) is 58.5 Å². The second-order valence-electron chi connectivity index (χ2n) is 6.92. The van der Waals surface area contributed by atoms with Gasteiger partial charge in [0.2, 0.25) is 0 Å². The molecule has 0 radical (unpaired) electrons. The van der Waals surface area contributed by atoms with E-state index < -0.39 is 0 Å². The first-order chi connectivity index (χ1) is 16.0. The number of nitrogens with zero attached hydrogens (tertiary/aromatic N) is 1. The molecule has 0 amide bonds. The highest BCUT2D eigenvalue weighted by molar-refractivity contribution is 6.55. The summed E-state index contributed by atoms with van der Waals surface area (Å²) < 4.78 is 17.1. The summed E-state index contributed by atoms with van der Waals surface area (Å²) in [6.45, 7) is 3.99. The second kappa shape index (κ2) is 15.9. The van der Waals surface area contributed by atoms with Crippen molar-refractivity contribution in [1.82, 2.24) is 0 Å². The van der Waals surface area contributed by atoms with Crippen LogP contribution in [0.3, 0.4) is 0 Å². The Hall–Kier alpha value is -1.79. The number of ether oxygens (including phenoxy) is 3. The molecule has 33 heavy (non-hydrogen) atoms. The van der Waals surface area contributed by atoms with Crippen LogP contribution in [0.25, 0.3) is 0 Å². The molecule has 0 saturated heterocycles. The predicted octanol–water partition coefficient (Wildman–Crippen LogP) is 8.08. The van der Waals surface area contributed by atoms with Crippen LogP contribution in [0.1, 0.15) is 38.2 Å². The Morgan fingerprint density at radius 1 is 0.848 bits per heavy atom. The number of oxime groups is 1. The molecule has 2 rings (SSSR count). The van der Waals surface area contributed by atoms with E-state index in [1.165, 1.54) is 6.08 Å². The van der Waals surface area contributed by atoms with E-state index in [1.807, 2.05) is 31.2 Å². The molecule has 0 N–H and O–H groups in total. The lowest BCUT2D eigenvalue weighted by molar-refractivity contribution is 0.146. The van der Waals surface area contributed by atoms with Gasteiger partial charge in [0, 0.05) is 12.1 Å². The summed E-state index contributed by atoms with van der Waals surface area (Å²) in [5.41, 5.74) is 0.962. The summed E-state index contributed by atoms with van der Waals surface area (Å²) in [6, 6.07) is 11.0. The Bertz CT molecular complexity index is 877. The van der Waals surface area contributed by atoms with Gasteiger partial charge in [-0.2, -0.15) is 0 Å². The molecule has 0 aromatic heterocycles. The molecule has 0 aliphatic carbocycles. The first-order valence-corrected chi connectivity index (χ1v) is 12.1. The smallest absolute Gasteiger partial charge is 0.156 e. The molecule has 0 spiro atoms. The summed E-state index contributed by atoms with van der Waals surface area (Å²) >= 11 is 23.6. The summed E-state index contributed by atoms with van der Waals surface area (Å²) in [7, 11) is 0. The third kappa shape index (κ3) is 11.3. The van der Waals surface area contributed by atoms with Crippen LogP contribution in [0.2, 0.25) is 10.0 Å². The predicted molar refractivity (Wildman–Crippen MR) is 137 cm³/mol. The molecule has 0 aliphatic heterocycles. The third-order valence-electron chi connectivity index (χ3n) is 4.22. The lowest BCUT2D eigenvalue weighted by atomic mass is 10.2. The van der Waals surface area contributed by atoms with Crippen molar-refractivity contribution in [2.45, 2.75) is 32.6 Å². The lowest BCUT2D eigenvalue weighted by Crippen LogP contribution is -2.02. The zero-order valence-electron chi connectivity index (χ0n) is 18.4. The van der Waals surface area contributed by atoms with E-state index >= 15 is 0 Å². The molecule has 0 fully saturated rings. The number of benzene rings is 2. The first kappa shape index (κ1) is 27.5. The molecule has 0 saturated carbocycles. The maximum absolute atomic E-state index is 6.27. The van der Waals surface area contributed by atoms with Gasteiger partial charge in [-0.25, -0.2) is 0 Å². The zero-order chi connectivity index (χ0) is 23.9.